The van der Waals surface area contributed by atoms with Gasteiger partial charge in [0, 0.05) is 29.9 Å². The number of aromatic nitrogens is 1. The molecule has 106 valence electrons. The van der Waals surface area contributed by atoms with Gasteiger partial charge in [0.05, 0.1) is 10.6 Å². The van der Waals surface area contributed by atoms with E-state index in [2.05, 4.69) is 31.1 Å². The predicted octanol–water partition coefficient (Wildman–Crippen LogP) is 3.13. The van der Waals surface area contributed by atoms with Crippen molar-refractivity contribution in [1.82, 2.24) is 10.3 Å². The SMILES string of the molecule is Cc1cnc(CNC(C)CC(C)C)c(C)c1[N+](=O)[O-]. The normalized spacial score (nSPS) is 12.7. The van der Waals surface area contributed by atoms with Crippen molar-refractivity contribution >= 4 is 5.69 Å². The fourth-order valence-corrected chi connectivity index (χ4v) is 2.29. The van der Waals surface area contributed by atoms with Gasteiger partial charge in [0.1, 0.15) is 0 Å². The van der Waals surface area contributed by atoms with Crippen LogP contribution in [0.3, 0.4) is 0 Å². The van der Waals surface area contributed by atoms with E-state index in [1.165, 1.54) is 0 Å². The predicted molar refractivity (Wildman–Crippen MR) is 76.1 cm³/mol. The molecule has 19 heavy (non-hydrogen) atoms. The molecule has 0 saturated carbocycles. The van der Waals surface area contributed by atoms with Gasteiger partial charge in [-0.15, -0.1) is 0 Å². The molecule has 1 aromatic rings. The molecule has 0 fully saturated rings. The zero-order valence-electron chi connectivity index (χ0n) is 12.4. The molecule has 0 amide bonds. The molecule has 0 aliphatic rings. The van der Waals surface area contributed by atoms with Gasteiger partial charge in [-0.2, -0.15) is 0 Å². The molecule has 5 nitrogen and oxygen atoms in total. The molecule has 0 aliphatic heterocycles. The second-order valence-corrected chi connectivity index (χ2v) is 5.53. The second-order valence-electron chi connectivity index (χ2n) is 5.53. The van der Waals surface area contributed by atoms with Crippen LogP contribution in [0, 0.1) is 29.9 Å². The first-order valence-corrected chi connectivity index (χ1v) is 6.65. The quantitative estimate of drug-likeness (QED) is 0.633. The minimum absolute atomic E-state index is 0.184. The lowest BCUT2D eigenvalue weighted by Crippen LogP contribution is -2.27. The first-order valence-electron chi connectivity index (χ1n) is 6.65. The van der Waals surface area contributed by atoms with Crippen LogP contribution >= 0.6 is 0 Å². The van der Waals surface area contributed by atoms with E-state index in [1.807, 2.05) is 0 Å². The smallest absolute Gasteiger partial charge is 0.278 e. The summed E-state index contributed by atoms with van der Waals surface area (Å²) in [6.45, 7) is 10.5. The minimum atomic E-state index is -0.326. The third-order valence-electron chi connectivity index (χ3n) is 3.20. The lowest BCUT2D eigenvalue weighted by molar-refractivity contribution is -0.386. The number of hydrogen-bond donors (Lipinski definition) is 1. The monoisotopic (exact) mass is 265 g/mol. The van der Waals surface area contributed by atoms with E-state index in [1.54, 1.807) is 20.0 Å². The average Bonchev–Trinajstić information content (AvgIpc) is 2.26. The van der Waals surface area contributed by atoms with Crippen LogP contribution in [0.2, 0.25) is 0 Å². The van der Waals surface area contributed by atoms with Crippen LogP contribution in [0.15, 0.2) is 6.20 Å². The summed E-state index contributed by atoms with van der Waals surface area (Å²) in [5.74, 6) is 0.629. The molecular weight excluding hydrogens is 242 g/mol. The molecule has 0 aromatic carbocycles. The Balaban J connectivity index is 2.80. The highest BCUT2D eigenvalue weighted by Crippen LogP contribution is 2.24. The standard InChI is InChI=1S/C14H23N3O2/c1-9(2)6-11(4)15-8-13-12(5)14(17(18)19)10(3)7-16-13/h7,9,11,15H,6,8H2,1-5H3. The van der Waals surface area contributed by atoms with Gasteiger partial charge in [-0.05, 0) is 33.1 Å². The van der Waals surface area contributed by atoms with Gasteiger partial charge in [0.25, 0.3) is 5.69 Å². The maximum atomic E-state index is 11.0. The van der Waals surface area contributed by atoms with Crippen molar-refractivity contribution in [2.45, 2.75) is 53.6 Å². The van der Waals surface area contributed by atoms with Gasteiger partial charge in [-0.25, -0.2) is 0 Å². The Morgan fingerprint density at radius 2 is 2.00 bits per heavy atom. The van der Waals surface area contributed by atoms with Crippen LogP contribution in [0.4, 0.5) is 5.69 Å². The third kappa shape index (κ3) is 4.28. The van der Waals surface area contributed by atoms with Crippen molar-refractivity contribution in [3.05, 3.63) is 33.1 Å². The molecule has 0 spiro atoms. The van der Waals surface area contributed by atoms with Crippen molar-refractivity contribution in [1.29, 1.82) is 0 Å². The van der Waals surface area contributed by atoms with Crippen LogP contribution in [-0.4, -0.2) is 15.9 Å². The largest absolute Gasteiger partial charge is 0.309 e. The number of hydrogen-bond acceptors (Lipinski definition) is 4. The van der Waals surface area contributed by atoms with E-state index in [4.69, 9.17) is 0 Å². The Kier molecular flexibility index (Phi) is 5.42. The van der Waals surface area contributed by atoms with Crippen LogP contribution < -0.4 is 5.32 Å². The molecule has 5 heteroatoms. The van der Waals surface area contributed by atoms with Crippen molar-refractivity contribution in [3.63, 3.8) is 0 Å². The average molecular weight is 265 g/mol. The van der Waals surface area contributed by atoms with Crippen molar-refractivity contribution in [2.75, 3.05) is 0 Å². The van der Waals surface area contributed by atoms with E-state index < -0.39 is 0 Å². The maximum absolute atomic E-state index is 11.0. The fourth-order valence-electron chi connectivity index (χ4n) is 2.29. The lowest BCUT2D eigenvalue weighted by atomic mass is 10.0. The summed E-state index contributed by atoms with van der Waals surface area (Å²) < 4.78 is 0. The van der Waals surface area contributed by atoms with Gasteiger partial charge in [0.15, 0.2) is 0 Å². The Bertz CT molecular complexity index is 458. The molecule has 1 heterocycles. The molecule has 0 bridgehead atoms. The first-order chi connectivity index (χ1) is 8.82. The van der Waals surface area contributed by atoms with Crippen molar-refractivity contribution in [2.24, 2.45) is 5.92 Å². The second kappa shape index (κ2) is 6.61. The lowest BCUT2D eigenvalue weighted by Gasteiger charge is -2.16. The summed E-state index contributed by atoms with van der Waals surface area (Å²) in [4.78, 5) is 15.0. The van der Waals surface area contributed by atoms with E-state index in [-0.39, 0.29) is 10.6 Å². The molecule has 0 aliphatic carbocycles. The van der Waals surface area contributed by atoms with E-state index >= 15 is 0 Å². The van der Waals surface area contributed by atoms with E-state index in [0.717, 1.165) is 12.1 Å². The van der Waals surface area contributed by atoms with Crippen LogP contribution in [0.1, 0.15) is 44.0 Å². The number of nitrogens with one attached hydrogen (secondary N) is 1. The number of nitro groups is 1. The van der Waals surface area contributed by atoms with Crippen LogP contribution in [0.25, 0.3) is 0 Å². The zero-order chi connectivity index (χ0) is 14.6. The summed E-state index contributed by atoms with van der Waals surface area (Å²) in [5, 5.41) is 14.4. The highest BCUT2D eigenvalue weighted by Gasteiger charge is 2.18. The van der Waals surface area contributed by atoms with Gasteiger partial charge in [-0.1, -0.05) is 13.8 Å². The molecular formula is C14H23N3O2. The van der Waals surface area contributed by atoms with E-state index in [0.29, 0.717) is 29.6 Å². The summed E-state index contributed by atoms with van der Waals surface area (Å²) >= 11 is 0. The Hall–Kier alpha value is -1.49. The summed E-state index contributed by atoms with van der Waals surface area (Å²) in [5.41, 5.74) is 2.21. The van der Waals surface area contributed by atoms with Crippen LogP contribution in [-0.2, 0) is 6.54 Å². The van der Waals surface area contributed by atoms with Gasteiger partial charge in [-0.3, -0.25) is 15.1 Å². The molecule has 0 saturated heterocycles. The summed E-state index contributed by atoms with van der Waals surface area (Å²) in [6.07, 6.45) is 2.66. The number of rotatable bonds is 6. The van der Waals surface area contributed by atoms with Gasteiger partial charge < -0.3 is 5.32 Å². The molecule has 1 unspecified atom stereocenters. The topological polar surface area (TPSA) is 68.1 Å². The molecule has 1 aromatic heterocycles. The maximum Gasteiger partial charge on any atom is 0.278 e. The van der Waals surface area contributed by atoms with Crippen LogP contribution in [0.5, 0.6) is 0 Å². The number of nitrogens with zero attached hydrogens (tertiary/aromatic N) is 2. The Morgan fingerprint density at radius 3 is 2.53 bits per heavy atom. The number of pyridine rings is 1. The third-order valence-corrected chi connectivity index (χ3v) is 3.20. The highest BCUT2D eigenvalue weighted by atomic mass is 16.6. The fraction of sp³-hybridized carbons (Fsp3) is 0.643. The van der Waals surface area contributed by atoms with Crippen molar-refractivity contribution in [3.8, 4) is 0 Å². The van der Waals surface area contributed by atoms with Gasteiger partial charge in [0.2, 0.25) is 0 Å². The first kappa shape index (κ1) is 15.6. The molecule has 1 N–H and O–H groups in total. The molecule has 1 atom stereocenters. The molecule has 1 rings (SSSR count). The summed E-state index contributed by atoms with van der Waals surface area (Å²) in [7, 11) is 0. The minimum Gasteiger partial charge on any atom is -0.309 e. The van der Waals surface area contributed by atoms with Crippen molar-refractivity contribution < 1.29 is 4.92 Å². The zero-order valence-corrected chi connectivity index (χ0v) is 12.4. The Labute approximate surface area is 114 Å². The highest BCUT2D eigenvalue weighted by molar-refractivity contribution is 5.47. The van der Waals surface area contributed by atoms with Gasteiger partial charge >= 0.3 is 0 Å². The Morgan fingerprint density at radius 1 is 1.37 bits per heavy atom. The van der Waals surface area contributed by atoms with E-state index in [9.17, 15) is 10.1 Å². The summed E-state index contributed by atoms with van der Waals surface area (Å²) in [6, 6.07) is 0.376. The number of aryl methyl sites for hydroxylation is 1. The molecule has 0 radical (unpaired) electrons.